The van der Waals surface area contributed by atoms with Crippen molar-refractivity contribution in [2.75, 3.05) is 24.2 Å². The molecule has 1 aromatic rings. The van der Waals surface area contributed by atoms with Crippen LogP contribution in [0.15, 0.2) is 24.3 Å². The second-order valence-corrected chi connectivity index (χ2v) is 6.21. The Bertz CT molecular complexity index is 399. The summed E-state index contributed by atoms with van der Waals surface area (Å²) in [6.45, 7) is 3.74. The van der Waals surface area contributed by atoms with Crippen LogP contribution in [-0.4, -0.2) is 30.0 Å². The van der Waals surface area contributed by atoms with Crippen molar-refractivity contribution in [2.45, 2.75) is 31.4 Å². The van der Waals surface area contributed by atoms with Gasteiger partial charge in [-0.1, -0.05) is 6.42 Å². The minimum Gasteiger partial charge on any atom is -0.385 e. The molecule has 1 saturated heterocycles. The van der Waals surface area contributed by atoms with Gasteiger partial charge in [0.2, 0.25) is 0 Å². The summed E-state index contributed by atoms with van der Waals surface area (Å²) in [6.07, 6.45) is 3.84. The fourth-order valence-corrected chi connectivity index (χ4v) is 3.46. The van der Waals surface area contributed by atoms with Gasteiger partial charge in [-0.2, -0.15) is 11.8 Å². The summed E-state index contributed by atoms with van der Waals surface area (Å²) >= 11 is 1.98. The van der Waals surface area contributed by atoms with Crippen molar-refractivity contribution >= 4 is 23.4 Å². The zero-order valence-electron chi connectivity index (χ0n) is 11.4. The van der Waals surface area contributed by atoms with E-state index in [1.165, 1.54) is 25.0 Å². The third-order valence-electron chi connectivity index (χ3n) is 3.29. The summed E-state index contributed by atoms with van der Waals surface area (Å²) in [5.74, 6) is 1.27. The molecule has 0 saturated carbocycles. The number of anilines is 1. The molecule has 19 heavy (non-hydrogen) atoms. The van der Waals surface area contributed by atoms with E-state index in [0.717, 1.165) is 24.3 Å². The Morgan fingerprint density at radius 2 is 2.11 bits per heavy atom. The predicted octanol–water partition coefficient (Wildman–Crippen LogP) is 3.13. The van der Waals surface area contributed by atoms with Gasteiger partial charge < -0.3 is 10.6 Å². The highest BCUT2D eigenvalue weighted by molar-refractivity contribution is 7.99. The van der Waals surface area contributed by atoms with Crippen LogP contribution in [0.5, 0.6) is 0 Å². The van der Waals surface area contributed by atoms with Crippen molar-refractivity contribution in [3.63, 3.8) is 0 Å². The maximum absolute atomic E-state index is 12.0. The molecule has 2 rings (SSSR count). The number of amides is 1. The van der Waals surface area contributed by atoms with E-state index < -0.39 is 0 Å². The number of carbonyl (C=O) groups excluding carboxylic acids is 1. The number of nitrogens with one attached hydrogen (secondary N) is 2. The van der Waals surface area contributed by atoms with Crippen molar-refractivity contribution < 1.29 is 4.79 Å². The van der Waals surface area contributed by atoms with E-state index in [9.17, 15) is 4.79 Å². The van der Waals surface area contributed by atoms with Gasteiger partial charge in [-0.3, -0.25) is 4.79 Å². The molecule has 0 radical (unpaired) electrons. The van der Waals surface area contributed by atoms with E-state index in [1.807, 2.05) is 36.0 Å². The number of carbonyl (C=O) groups is 1. The Kier molecular flexibility index (Phi) is 5.58. The van der Waals surface area contributed by atoms with Crippen LogP contribution < -0.4 is 10.6 Å². The van der Waals surface area contributed by atoms with Crippen LogP contribution in [0.2, 0.25) is 0 Å². The summed E-state index contributed by atoms with van der Waals surface area (Å²) in [7, 11) is 0. The van der Waals surface area contributed by atoms with Crippen LogP contribution >= 0.6 is 11.8 Å². The zero-order chi connectivity index (χ0) is 13.5. The van der Waals surface area contributed by atoms with Crippen LogP contribution in [-0.2, 0) is 0 Å². The normalized spacial score (nSPS) is 18.9. The van der Waals surface area contributed by atoms with Gasteiger partial charge in [-0.05, 0) is 49.8 Å². The standard InChI is InChI=1S/C15H22N2OS/c1-2-16-13-8-6-12(7-9-13)15(18)17-11-14-5-3-4-10-19-14/h6-9,14,16H,2-5,10-11H2,1H3,(H,17,18). The molecule has 1 aliphatic heterocycles. The summed E-state index contributed by atoms with van der Waals surface area (Å²) < 4.78 is 0. The molecule has 2 N–H and O–H groups in total. The van der Waals surface area contributed by atoms with Crippen LogP contribution in [0.3, 0.4) is 0 Å². The van der Waals surface area contributed by atoms with E-state index in [1.54, 1.807) is 0 Å². The lowest BCUT2D eigenvalue weighted by Crippen LogP contribution is -2.31. The fraction of sp³-hybridized carbons (Fsp3) is 0.533. The smallest absolute Gasteiger partial charge is 0.251 e. The third kappa shape index (κ3) is 4.46. The summed E-state index contributed by atoms with van der Waals surface area (Å²) in [6, 6.07) is 7.66. The second-order valence-electron chi connectivity index (χ2n) is 4.81. The van der Waals surface area contributed by atoms with Gasteiger partial charge in [0.05, 0.1) is 0 Å². The number of benzene rings is 1. The molecule has 0 aromatic heterocycles. The molecule has 1 aliphatic rings. The molecule has 0 aliphatic carbocycles. The molecule has 1 heterocycles. The van der Waals surface area contributed by atoms with Gasteiger partial charge in [0.1, 0.15) is 0 Å². The number of hydrogen-bond acceptors (Lipinski definition) is 3. The first kappa shape index (κ1) is 14.3. The van der Waals surface area contributed by atoms with Crippen LogP contribution in [0, 0.1) is 0 Å². The van der Waals surface area contributed by atoms with Gasteiger partial charge in [-0.25, -0.2) is 0 Å². The lowest BCUT2D eigenvalue weighted by atomic mass is 10.1. The topological polar surface area (TPSA) is 41.1 Å². The van der Waals surface area contributed by atoms with Gasteiger partial charge in [0.25, 0.3) is 5.91 Å². The highest BCUT2D eigenvalue weighted by Gasteiger charge is 2.15. The maximum atomic E-state index is 12.0. The lowest BCUT2D eigenvalue weighted by Gasteiger charge is -2.21. The average molecular weight is 278 g/mol. The quantitative estimate of drug-likeness (QED) is 0.869. The summed E-state index contributed by atoms with van der Waals surface area (Å²) in [5.41, 5.74) is 1.80. The van der Waals surface area contributed by atoms with Crippen molar-refractivity contribution in [1.29, 1.82) is 0 Å². The van der Waals surface area contributed by atoms with Crippen molar-refractivity contribution in [3.05, 3.63) is 29.8 Å². The molecule has 1 aromatic carbocycles. The molecule has 1 fully saturated rings. The third-order valence-corrected chi connectivity index (χ3v) is 4.69. The largest absolute Gasteiger partial charge is 0.385 e. The second kappa shape index (κ2) is 7.43. The van der Waals surface area contributed by atoms with Crippen molar-refractivity contribution in [3.8, 4) is 0 Å². The highest BCUT2D eigenvalue weighted by Crippen LogP contribution is 2.24. The number of hydrogen-bond donors (Lipinski definition) is 2. The molecule has 1 atom stereocenters. The number of rotatable bonds is 5. The van der Waals surface area contributed by atoms with E-state index >= 15 is 0 Å². The predicted molar refractivity (Wildman–Crippen MR) is 83.0 cm³/mol. The minimum atomic E-state index is 0.0363. The summed E-state index contributed by atoms with van der Waals surface area (Å²) in [4.78, 5) is 12.0. The molecule has 0 bridgehead atoms. The highest BCUT2D eigenvalue weighted by atomic mass is 32.2. The van der Waals surface area contributed by atoms with Crippen LogP contribution in [0.25, 0.3) is 0 Å². The van der Waals surface area contributed by atoms with Gasteiger partial charge in [0.15, 0.2) is 0 Å². The van der Waals surface area contributed by atoms with Crippen molar-refractivity contribution in [2.24, 2.45) is 0 Å². The molecular weight excluding hydrogens is 256 g/mol. The van der Waals surface area contributed by atoms with E-state index in [4.69, 9.17) is 0 Å². The maximum Gasteiger partial charge on any atom is 0.251 e. The Balaban J connectivity index is 1.81. The molecule has 104 valence electrons. The zero-order valence-corrected chi connectivity index (χ0v) is 12.3. The minimum absolute atomic E-state index is 0.0363. The summed E-state index contributed by atoms with van der Waals surface area (Å²) in [5, 5.41) is 6.86. The van der Waals surface area contributed by atoms with Gasteiger partial charge in [0, 0.05) is 29.6 Å². The monoisotopic (exact) mass is 278 g/mol. The fourth-order valence-electron chi connectivity index (χ4n) is 2.22. The Morgan fingerprint density at radius 1 is 1.32 bits per heavy atom. The Morgan fingerprint density at radius 3 is 2.74 bits per heavy atom. The average Bonchev–Trinajstić information content (AvgIpc) is 2.47. The van der Waals surface area contributed by atoms with E-state index in [0.29, 0.717) is 5.25 Å². The Hall–Kier alpha value is -1.16. The van der Waals surface area contributed by atoms with Crippen molar-refractivity contribution in [1.82, 2.24) is 5.32 Å². The molecule has 4 heteroatoms. The molecular formula is C15H22N2OS. The van der Waals surface area contributed by atoms with Crippen LogP contribution in [0.1, 0.15) is 36.5 Å². The number of thioether (sulfide) groups is 1. The SMILES string of the molecule is CCNc1ccc(C(=O)NCC2CCCCS2)cc1. The lowest BCUT2D eigenvalue weighted by molar-refractivity contribution is 0.0953. The molecule has 1 unspecified atom stereocenters. The van der Waals surface area contributed by atoms with Gasteiger partial charge in [-0.15, -0.1) is 0 Å². The van der Waals surface area contributed by atoms with Crippen LogP contribution in [0.4, 0.5) is 5.69 Å². The Labute approximate surface area is 119 Å². The first-order chi connectivity index (χ1) is 9.29. The molecule has 3 nitrogen and oxygen atoms in total. The first-order valence-electron chi connectivity index (χ1n) is 7.03. The molecule has 1 amide bonds. The first-order valence-corrected chi connectivity index (χ1v) is 8.08. The van der Waals surface area contributed by atoms with E-state index in [2.05, 4.69) is 17.6 Å². The van der Waals surface area contributed by atoms with E-state index in [-0.39, 0.29) is 5.91 Å². The molecule has 0 spiro atoms. The van der Waals surface area contributed by atoms with Gasteiger partial charge >= 0.3 is 0 Å².